The van der Waals surface area contributed by atoms with Gasteiger partial charge < -0.3 is 9.42 Å². The van der Waals surface area contributed by atoms with Crippen molar-refractivity contribution in [2.45, 2.75) is 6.54 Å². The molecule has 0 aliphatic carbocycles. The van der Waals surface area contributed by atoms with E-state index in [-0.39, 0.29) is 6.61 Å². The van der Waals surface area contributed by atoms with Crippen LogP contribution in [-0.2, 0) is 20.8 Å². The Morgan fingerprint density at radius 3 is 2.50 bits per heavy atom. The zero-order chi connectivity index (χ0) is 21.0. The summed E-state index contributed by atoms with van der Waals surface area (Å²) in [7, 11) is -3.52. The predicted octanol–water partition coefficient (Wildman–Crippen LogP) is 4.48. The molecule has 0 aliphatic heterocycles. The molecular formula is C23H22N2O4S. The molecule has 1 aromatic heterocycles. The van der Waals surface area contributed by atoms with Crippen LogP contribution >= 0.6 is 0 Å². The maximum absolute atomic E-state index is 11.4. The Kier molecular flexibility index (Phi) is 5.83. The number of anilines is 1. The van der Waals surface area contributed by atoms with Gasteiger partial charge in [0.15, 0.2) is 0 Å². The van der Waals surface area contributed by atoms with Crippen molar-refractivity contribution < 1.29 is 17.1 Å². The van der Waals surface area contributed by atoms with Crippen molar-refractivity contribution in [3.05, 3.63) is 84.4 Å². The van der Waals surface area contributed by atoms with Crippen LogP contribution < -0.4 is 4.90 Å². The lowest BCUT2D eigenvalue weighted by Crippen LogP contribution is -2.27. The Bertz CT molecular complexity index is 1230. The van der Waals surface area contributed by atoms with Gasteiger partial charge in [-0.1, -0.05) is 78.0 Å². The lowest BCUT2D eigenvalue weighted by atomic mass is 10.0. The van der Waals surface area contributed by atoms with Gasteiger partial charge in [0.05, 0.1) is 12.9 Å². The van der Waals surface area contributed by atoms with E-state index in [9.17, 15) is 8.42 Å². The van der Waals surface area contributed by atoms with E-state index >= 15 is 0 Å². The topological polar surface area (TPSA) is 72.6 Å². The first kappa shape index (κ1) is 20.1. The molecule has 0 unspecified atom stereocenters. The molecular weight excluding hydrogens is 400 g/mol. The van der Waals surface area contributed by atoms with Crippen molar-refractivity contribution in [1.29, 1.82) is 0 Å². The molecule has 6 nitrogen and oxygen atoms in total. The maximum atomic E-state index is 11.4. The van der Waals surface area contributed by atoms with Crippen LogP contribution in [0.5, 0.6) is 0 Å². The van der Waals surface area contributed by atoms with Crippen LogP contribution in [0.3, 0.4) is 0 Å². The second-order valence-electron chi connectivity index (χ2n) is 7.00. The molecule has 0 saturated carbocycles. The molecule has 0 spiro atoms. The molecule has 0 radical (unpaired) electrons. The highest BCUT2D eigenvalue weighted by molar-refractivity contribution is 7.85. The van der Waals surface area contributed by atoms with Gasteiger partial charge >= 0.3 is 0 Å². The summed E-state index contributed by atoms with van der Waals surface area (Å²) in [6, 6.07) is 25.9. The first-order valence-corrected chi connectivity index (χ1v) is 11.4. The minimum absolute atomic E-state index is 0.0188. The molecule has 0 amide bonds. The quantitative estimate of drug-likeness (QED) is 0.390. The fraction of sp³-hybridized carbons (Fsp3) is 0.174. The Balaban J connectivity index is 1.63. The van der Waals surface area contributed by atoms with Crippen molar-refractivity contribution in [2.24, 2.45) is 0 Å². The van der Waals surface area contributed by atoms with Crippen LogP contribution in [0.1, 0.15) is 5.56 Å². The first-order valence-electron chi connectivity index (χ1n) is 9.58. The Labute approximate surface area is 175 Å². The average molecular weight is 423 g/mol. The summed E-state index contributed by atoms with van der Waals surface area (Å²) < 4.78 is 33.4. The molecule has 0 saturated heterocycles. The van der Waals surface area contributed by atoms with Crippen LogP contribution in [0.4, 0.5) is 5.88 Å². The molecule has 3 aromatic carbocycles. The fourth-order valence-electron chi connectivity index (χ4n) is 3.36. The molecule has 1 heterocycles. The van der Waals surface area contributed by atoms with Gasteiger partial charge in [0.2, 0.25) is 5.88 Å². The summed E-state index contributed by atoms with van der Waals surface area (Å²) in [5, 5.41) is 6.47. The molecule has 0 aliphatic rings. The van der Waals surface area contributed by atoms with E-state index in [1.54, 1.807) is 0 Å². The largest absolute Gasteiger partial charge is 0.338 e. The first-order chi connectivity index (χ1) is 14.5. The monoisotopic (exact) mass is 422 g/mol. The number of hydrogen-bond donors (Lipinski definition) is 0. The van der Waals surface area contributed by atoms with Gasteiger partial charge in [0, 0.05) is 24.7 Å². The van der Waals surface area contributed by atoms with Crippen molar-refractivity contribution in [3.63, 3.8) is 0 Å². The van der Waals surface area contributed by atoms with Crippen molar-refractivity contribution in [2.75, 3.05) is 24.3 Å². The number of benzene rings is 3. The van der Waals surface area contributed by atoms with Crippen LogP contribution in [0.15, 0.2) is 83.4 Å². The van der Waals surface area contributed by atoms with E-state index in [0.717, 1.165) is 33.8 Å². The Hall–Kier alpha value is -3.16. The third-order valence-electron chi connectivity index (χ3n) is 4.78. The summed E-state index contributed by atoms with van der Waals surface area (Å²) in [5.74, 6) is 0.555. The van der Waals surface area contributed by atoms with Gasteiger partial charge in [0.25, 0.3) is 10.1 Å². The Morgan fingerprint density at radius 1 is 0.967 bits per heavy atom. The number of rotatable bonds is 8. The number of nitrogens with zero attached hydrogens (tertiary/aromatic N) is 2. The van der Waals surface area contributed by atoms with E-state index in [1.807, 2.05) is 59.5 Å². The highest BCUT2D eigenvalue weighted by Gasteiger charge is 2.16. The molecule has 0 N–H and O–H groups in total. The highest BCUT2D eigenvalue weighted by atomic mass is 32.2. The molecule has 154 valence electrons. The molecule has 30 heavy (non-hydrogen) atoms. The number of hydrogen-bond acceptors (Lipinski definition) is 6. The summed E-state index contributed by atoms with van der Waals surface area (Å²) >= 11 is 0. The second-order valence-corrected chi connectivity index (χ2v) is 8.65. The molecule has 4 aromatic rings. The maximum Gasteiger partial charge on any atom is 0.264 e. The van der Waals surface area contributed by atoms with Gasteiger partial charge in [-0.25, -0.2) is 0 Å². The van der Waals surface area contributed by atoms with Gasteiger partial charge in [-0.15, -0.1) is 0 Å². The van der Waals surface area contributed by atoms with Crippen molar-refractivity contribution in [3.8, 4) is 11.3 Å². The van der Waals surface area contributed by atoms with Crippen LogP contribution in [-0.4, -0.2) is 33.0 Å². The van der Waals surface area contributed by atoms with Gasteiger partial charge in [-0.2, -0.15) is 8.42 Å². The third-order valence-corrected chi connectivity index (χ3v) is 5.37. The number of fused-ring (bicyclic) bond motifs is 1. The zero-order valence-electron chi connectivity index (χ0n) is 16.6. The van der Waals surface area contributed by atoms with Crippen LogP contribution in [0.25, 0.3) is 22.0 Å². The molecule has 7 heteroatoms. The molecule has 4 rings (SSSR count). The molecule has 0 fully saturated rings. The van der Waals surface area contributed by atoms with E-state index in [1.165, 1.54) is 0 Å². The molecule has 0 bridgehead atoms. The van der Waals surface area contributed by atoms with E-state index in [2.05, 4.69) is 29.4 Å². The van der Waals surface area contributed by atoms with Crippen LogP contribution in [0.2, 0.25) is 0 Å². The normalized spacial score (nSPS) is 11.6. The summed E-state index contributed by atoms with van der Waals surface area (Å²) in [6.07, 6.45) is 1.05. The smallest absolute Gasteiger partial charge is 0.264 e. The van der Waals surface area contributed by atoms with Crippen molar-refractivity contribution in [1.82, 2.24) is 5.16 Å². The Morgan fingerprint density at radius 2 is 1.70 bits per heavy atom. The van der Waals surface area contributed by atoms with E-state index < -0.39 is 10.1 Å². The minimum Gasteiger partial charge on any atom is -0.338 e. The fourth-order valence-corrected chi connectivity index (χ4v) is 3.74. The van der Waals surface area contributed by atoms with Gasteiger partial charge in [0.1, 0.15) is 5.69 Å². The lowest BCUT2D eigenvalue weighted by molar-refractivity contribution is 0.321. The lowest BCUT2D eigenvalue weighted by Gasteiger charge is -2.22. The van der Waals surface area contributed by atoms with E-state index in [4.69, 9.17) is 8.71 Å². The summed E-state index contributed by atoms with van der Waals surface area (Å²) in [4.78, 5) is 1.94. The SMILES string of the molecule is CS(=O)(=O)OCCN(Cc1cccc2ccccc12)c1cc(-c2ccccc2)no1. The zero-order valence-corrected chi connectivity index (χ0v) is 17.4. The molecule has 0 atom stereocenters. The second kappa shape index (κ2) is 8.69. The summed E-state index contributed by atoms with van der Waals surface area (Å²) in [5.41, 5.74) is 2.77. The third kappa shape index (κ3) is 4.87. The number of aromatic nitrogens is 1. The van der Waals surface area contributed by atoms with Crippen molar-refractivity contribution >= 4 is 26.8 Å². The average Bonchev–Trinajstić information content (AvgIpc) is 3.23. The van der Waals surface area contributed by atoms with Gasteiger partial charge in [-0.05, 0) is 16.3 Å². The van der Waals surface area contributed by atoms with E-state index in [0.29, 0.717) is 19.0 Å². The highest BCUT2D eigenvalue weighted by Crippen LogP contribution is 2.27. The predicted molar refractivity (Wildman–Crippen MR) is 118 cm³/mol. The van der Waals surface area contributed by atoms with Crippen LogP contribution in [0, 0.1) is 0 Å². The standard InChI is InChI=1S/C23H22N2O4S/c1-30(26,27)28-15-14-25(17-20-12-7-11-18-8-5-6-13-21(18)20)23-16-22(24-29-23)19-9-3-2-4-10-19/h2-13,16H,14-15,17H2,1H3. The summed E-state index contributed by atoms with van der Waals surface area (Å²) in [6.45, 7) is 0.878. The minimum atomic E-state index is -3.52. The van der Waals surface area contributed by atoms with Gasteiger partial charge in [-0.3, -0.25) is 4.18 Å².